The van der Waals surface area contributed by atoms with Crippen LogP contribution in [0.25, 0.3) is 0 Å². The van der Waals surface area contributed by atoms with Gasteiger partial charge in [0.15, 0.2) is 0 Å². The highest BCUT2D eigenvalue weighted by molar-refractivity contribution is 7.92. The number of nitrogens with zero attached hydrogens (tertiary/aromatic N) is 2. The first-order chi connectivity index (χ1) is 13.3. The van der Waals surface area contributed by atoms with Gasteiger partial charge >= 0.3 is 0 Å². The Balaban J connectivity index is 1.97. The molecular formula is C21H26N2O4S. The van der Waals surface area contributed by atoms with Crippen molar-refractivity contribution in [3.8, 4) is 0 Å². The fraction of sp³-hybridized carbons (Fsp3) is 0.381. The van der Waals surface area contributed by atoms with E-state index in [2.05, 4.69) is 0 Å². The van der Waals surface area contributed by atoms with E-state index in [1.807, 2.05) is 13.0 Å². The lowest BCUT2D eigenvalue weighted by Gasteiger charge is -2.31. The summed E-state index contributed by atoms with van der Waals surface area (Å²) in [6.07, 6.45) is -0.0278. The Morgan fingerprint density at radius 3 is 2.57 bits per heavy atom. The molecule has 1 aliphatic heterocycles. The Bertz CT molecular complexity index is 944. The van der Waals surface area contributed by atoms with Crippen LogP contribution in [0, 0.1) is 6.92 Å². The number of sulfonamides is 1. The van der Waals surface area contributed by atoms with Crippen LogP contribution in [0.5, 0.6) is 0 Å². The third-order valence-corrected chi connectivity index (χ3v) is 6.91. The van der Waals surface area contributed by atoms with E-state index in [1.54, 1.807) is 55.1 Å². The molecule has 7 heteroatoms. The molecule has 28 heavy (non-hydrogen) atoms. The minimum atomic E-state index is -3.79. The molecule has 0 bridgehead atoms. The molecule has 0 spiro atoms. The Kier molecular flexibility index (Phi) is 6.05. The van der Waals surface area contributed by atoms with Crippen molar-refractivity contribution in [3.05, 3.63) is 59.7 Å². The average Bonchev–Trinajstić information content (AvgIpc) is 2.69. The summed E-state index contributed by atoms with van der Waals surface area (Å²) in [6.45, 7) is 7.25. The molecule has 1 amide bonds. The van der Waals surface area contributed by atoms with Gasteiger partial charge in [0, 0.05) is 25.2 Å². The number of amides is 1. The second-order valence-corrected chi connectivity index (χ2v) is 8.75. The molecule has 2 aromatic rings. The van der Waals surface area contributed by atoms with Crippen LogP contribution in [-0.4, -0.2) is 51.6 Å². The van der Waals surface area contributed by atoms with Crippen LogP contribution in [0.2, 0.25) is 0 Å². The van der Waals surface area contributed by atoms with Gasteiger partial charge in [0.2, 0.25) is 0 Å². The van der Waals surface area contributed by atoms with E-state index in [4.69, 9.17) is 4.74 Å². The average molecular weight is 403 g/mol. The fourth-order valence-electron chi connectivity index (χ4n) is 3.40. The molecule has 1 fully saturated rings. The molecule has 150 valence electrons. The number of hydrogen-bond donors (Lipinski definition) is 0. The third-order valence-electron chi connectivity index (χ3n) is 4.86. The largest absolute Gasteiger partial charge is 0.375 e. The number of morpholine rings is 1. The van der Waals surface area contributed by atoms with Crippen LogP contribution >= 0.6 is 0 Å². The van der Waals surface area contributed by atoms with Crippen LogP contribution in [0.1, 0.15) is 29.8 Å². The molecule has 6 nitrogen and oxygen atoms in total. The standard InChI is InChI=1S/C21H26N2O4S/c1-4-23(19-8-6-5-7-9-19)28(25,26)20-14-18(11-10-16(20)2)21(24)22-12-13-27-17(3)15-22/h5-11,14,17H,4,12-13,15H2,1-3H3. The van der Waals surface area contributed by atoms with Gasteiger partial charge in [-0.1, -0.05) is 24.3 Å². The zero-order valence-electron chi connectivity index (χ0n) is 16.5. The summed E-state index contributed by atoms with van der Waals surface area (Å²) in [5.74, 6) is -0.172. The molecular weight excluding hydrogens is 376 g/mol. The molecule has 0 radical (unpaired) electrons. The van der Waals surface area contributed by atoms with Crippen molar-refractivity contribution >= 4 is 21.6 Å². The summed E-state index contributed by atoms with van der Waals surface area (Å²) in [4.78, 5) is 14.8. The predicted molar refractivity (Wildman–Crippen MR) is 109 cm³/mol. The van der Waals surface area contributed by atoms with E-state index in [0.29, 0.717) is 43.1 Å². The second-order valence-electron chi connectivity index (χ2n) is 6.92. The molecule has 3 rings (SSSR count). The van der Waals surface area contributed by atoms with Crippen LogP contribution in [0.4, 0.5) is 5.69 Å². The fourth-order valence-corrected chi connectivity index (χ4v) is 5.13. The Hall–Kier alpha value is -2.38. The molecule has 1 saturated heterocycles. The van der Waals surface area contributed by atoms with Crippen molar-refractivity contribution in [1.29, 1.82) is 0 Å². The SMILES string of the molecule is CCN(c1ccccc1)S(=O)(=O)c1cc(C(=O)N2CCOC(C)C2)ccc1C. The van der Waals surface area contributed by atoms with Crippen LogP contribution in [0.15, 0.2) is 53.4 Å². The topological polar surface area (TPSA) is 66.9 Å². The molecule has 1 atom stereocenters. The van der Waals surface area contributed by atoms with Gasteiger partial charge in [-0.15, -0.1) is 0 Å². The van der Waals surface area contributed by atoms with Gasteiger partial charge in [-0.25, -0.2) is 8.42 Å². The summed E-state index contributed by atoms with van der Waals surface area (Å²) in [5, 5.41) is 0. The van der Waals surface area contributed by atoms with Gasteiger partial charge in [-0.05, 0) is 50.6 Å². The Labute approximate surface area is 166 Å². The first-order valence-electron chi connectivity index (χ1n) is 9.44. The monoisotopic (exact) mass is 402 g/mol. The minimum Gasteiger partial charge on any atom is -0.375 e. The number of ether oxygens (including phenoxy) is 1. The highest BCUT2D eigenvalue weighted by Gasteiger charge is 2.28. The Morgan fingerprint density at radius 1 is 1.21 bits per heavy atom. The van der Waals surface area contributed by atoms with Crippen LogP contribution < -0.4 is 4.31 Å². The highest BCUT2D eigenvalue weighted by atomic mass is 32.2. The first-order valence-corrected chi connectivity index (χ1v) is 10.9. The van der Waals surface area contributed by atoms with Crippen molar-refractivity contribution in [2.24, 2.45) is 0 Å². The summed E-state index contributed by atoms with van der Waals surface area (Å²) in [7, 11) is -3.79. The van der Waals surface area contributed by atoms with E-state index in [9.17, 15) is 13.2 Å². The Morgan fingerprint density at radius 2 is 1.93 bits per heavy atom. The zero-order valence-corrected chi connectivity index (χ0v) is 17.3. The van der Waals surface area contributed by atoms with Crippen molar-refractivity contribution < 1.29 is 17.9 Å². The molecule has 1 heterocycles. The number of carbonyl (C=O) groups excluding carboxylic acids is 1. The lowest BCUT2D eigenvalue weighted by Crippen LogP contribution is -2.44. The minimum absolute atomic E-state index is 0.0278. The molecule has 0 saturated carbocycles. The summed E-state index contributed by atoms with van der Waals surface area (Å²) in [5.41, 5.74) is 1.59. The normalized spacial score (nSPS) is 17.4. The maximum Gasteiger partial charge on any atom is 0.264 e. The van der Waals surface area contributed by atoms with Gasteiger partial charge in [0.25, 0.3) is 15.9 Å². The van der Waals surface area contributed by atoms with Crippen molar-refractivity contribution in [1.82, 2.24) is 4.90 Å². The zero-order chi connectivity index (χ0) is 20.3. The first kappa shape index (κ1) is 20.4. The van der Waals surface area contributed by atoms with E-state index in [1.165, 1.54) is 10.4 Å². The lowest BCUT2D eigenvalue weighted by molar-refractivity contribution is -0.0124. The number of aryl methyl sites for hydroxylation is 1. The van der Waals surface area contributed by atoms with Gasteiger partial charge in [-0.3, -0.25) is 9.10 Å². The number of para-hydroxylation sites is 1. The maximum atomic E-state index is 13.4. The molecule has 0 aliphatic carbocycles. The van der Waals surface area contributed by atoms with E-state index >= 15 is 0 Å². The van der Waals surface area contributed by atoms with Crippen molar-refractivity contribution in [3.63, 3.8) is 0 Å². The number of anilines is 1. The third kappa shape index (κ3) is 4.05. The lowest BCUT2D eigenvalue weighted by atomic mass is 10.1. The van der Waals surface area contributed by atoms with Gasteiger partial charge in [0.05, 0.1) is 23.3 Å². The van der Waals surface area contributed by atoms with Gasteiger partial charge in [0.1, 0.15) is 0 Å². The molecule has 2 aromatic carbocycles. The quantitative estimate of drug-likeness (QED) is 0.771. The second kappa shape index (κ2) is 8.32. The van der Waals surface area contributed by atoms with Gasteiger partial charge < -0.3 is 9.64 Å². The highest BCUT2D eigenvalue weighted by Crippen LogP contribution is 2.27. The number of rotatable bonds is 5. The summed E-state index contributed by atoms with van der Waals surface area (Å²) in [6, 6.07) is 13.9. The van der Waals surface area contributed by atoms with Gasteiger partial charge in [-0.2, -0.15) is 0 Å². The molecule has 0 aromatic heterocycles. The molecule has 1 unspecified atom stereocenters. The summed E-state index contributed by atoms with van der Waals surface area (Å²) >= 11 is 0. The van der Waals surface area contributed by atoms with Crippen LogP contribution in [-0.2, 0) is 14.8 Å². The number of benzene rings is 2. The predicted octanol–water partition coefficient (Wildman–Crippen LogP) is 3.07. The number of hydrogen-bond acceptors (Lipinski definition) is 4. The van der Waals surface area contributed by atoms with Crippen LogP contribution in [0.3, 0.4) is 0 Å². The van der Waals surface area contributed by atoms with Crippen molar-refractivity contribution in [2.45, 2.75) is 31.8 Å². The van der Waals surface area contributed by atoms with E-state index in [0.717, 1.165) is 0 Å². The smallest absolute Gasteiger partial charge is 0.264 e. The molecule has 1 aliphatic rings. The number of carbonyl (C=O) groups is 1. The molecule has 0 N–H and O–H groups in total. The summed E-state index contributed by atoms with van der Waals surface area (Å²) < 4.78 is 33.6. The van der Waals surface area contributed by atoms with E-state index < -0.39 is 10.0 Å². The maximum absolute atomic E-state index is 13.4. The van der Waals surface area contributed by atoms with Crippen molar-refractivity contribution in [2.75, 3.05) is 30.5 Å². The van der Waals surface area contributed by atoms with E-state index in [-0.39, 0.29) is 16.9 Å².